The lowest BCUT2D eigenvalue weighted by molar-refractivity contribution is -0.384. The van der Waals surface area contributed by atoms with Gasteiger partial charge in [-0.3, -0.25) is 19.7 Å². The van der Waals surface area contributed by atoms with Crippen LogP contribution in [0, 0.1) is 27.9 Å². The number of carbonyl (C=O) groups is 2. The second-order valence-corrected chi connectivity index (χ2v) is 6.89. The van der Waals surface area contributed by atoms with E-state index in [1.807, 2.05) is 0 Å². The van der Waals surface area contributed by atoms with Crippen molar-refractivity contribution in [1.29, 1.82) is 0 Å². The first-order chi connectivity index (χ1) is 12.1. The number of nitro benzene ring substituents is 1. The normalized spacial score (nSPS) is 25.3. The summed E-state index contributed by atoms with van der Waals surface area (Å²) in [6.07, 6.45) is 4.25. The molecule has 1 unspecified atom stereocenters. The van der Waals surface area contributed by atoms with E-state index in [-0.39, 0.29) is 29.3 Å². The van der Waals surface area contributed by atoms with Crippen LogP contribution in [0.15, 0.2) is 24.3 Å². The molecule has 2 aliphatic carbocycles. The summed E-state index contributed by atoms with van der Waals surface area (Å²) in [5, 5.41) is 16.8. The fraction of sp³-hybridized carbons (Fsp3) is 0.556. The summed E-state index contributed by atoms with van der Waals surface area (Å²) < 4.78 is 0. The number of fused-ring (bicyclic) bond motifs is 2. The summed E-state index contributed by atoms with van der Waals surface area (Å²) in [4.78, 5) is 35.0. The molecule has 7 nitrogen and oxygen atoms in total. The molecule has 0 heterocycles. The van der Waals surface area contributed by atoms with Gasteiger partial charge in [-0.15, -0.1) is 0 Å². The average molecular weight is 345 g/mol. The molecule has 3 rings (SSSR count). The van der Waals surface area contributed by atoms with E-state index in [9.17, 15) is 19.7 Å². The minimum Gasteiger partial charge on any atom is -0.378 e. The van der Waals surface area contributed by atoms with Crippen LogP contribution in [0.2, 0.25) is 0 Å². The van der Waals surface area contributed by atoms with Gasteiger partial charge in [0.1, 0.15) is 11.5 Å². The molecule has 0 radical (unpaired) electrons. The minimum absolute atomic E-state index is 0.00578. The van der Waals surface area contributed by atoms with Crippen LogP contribution in [0.3, 0.4) is 0 Å². The predicted molar refractivity (Wildman–Crippen MR) is 93.2 cm³/mol. The number of para-hydroxylation sites is 2. The average Bonchev–Trinajstić information content (AvgIpc) is 2.58. The number of hydrogen-bond acceptors (Lipinski definition) is 5. The van der Waals surface area contributed by atoms with Crippen molar-refractivity contribution in [3.8, 4) is 0 Å². The van der Waals surface area contributed by atoms with Gasteiger partial charge >= 0.3 is 0 Å². The van der Waals surface area contributed by atoms with Crippen LogP contribution in [-0.4, -0.2) is 29.7 Å². The van der Waals surface area contributed by atoms with Crippen molar-refractivity contribution in [2.75, 3.05) is 18.4 Å². The van der Waals surface area contributed by atoms with Gasteiger partial charge in [0.25, 0.3) is 5.69 Å². The largest absolute Gasteiger partial charge is 0.378 e. The molecule has 0 aromatic heterocycles. The quantitative estimate of drug-likeness (QED) is 0.469. The molecular weight excluding hydrogens is 322 g/mol. The second kappa shape index (κ2) is 7.63. The number of nitrogens with one attached hydrogen (secondary N) is 2. The number of nitrogens with zero attached hydrogens (tertiary/aromatic N) is 1. The molecule has 1 aromatic rings. The maximum Gasteiger partial charge on any atom is 0.292 e. The highest BCUT2D eigenvalue weighted by atomic mass is 16.6. The molecule has 0 saturated heterocycles. The fourth-order valence-electron chi connectivity index (χ4n) is 4.00. The number of ketones is 1. The van der Waals surface area contributed by atoms with Gasteiger partial charge in [-0.1, -0.05) is 18.6 Å². The second-order valence-electron chi connectivity index (χ2n) is 6.89. The van der Waals surface area contributed by atoms with E-state index >= 15 is 0 Å². The topological polar surface area (TPSA) is 101 Å². The third-order valence-electron chi connectivity index (χ3n) is 5.26. The van der Waals surface area contributed by atoms with Crippen molar-refractivity contribution >= 4 is 23.1 Å². The monoisotopic (exact) mass is 345 g/mol. The Morgan fingerprint density at radius 3 is 2.52 bits per heavy atom. The zero-order chi connectivity index (χ0) is 17.8. The van der Waals surface area contributed by atoms with Crippen LogP contribution in [0.25, 0.3) is 0 Å². The zero-order valence-electron chi connectivity index (χ0n) is 14.1. The molecule has 1 amide bonds. The van der Waals surface area contributed by atoms with Gasteiger partial charge in [-0.25, -0.2) is 0 Å². The molecule has 0 spiro atoms. The number of hydrogen-bond donors (Lipinski definition) is 2. The standard InChI is InChI=1S/C18H23N3O4/c22-17-12-4-3-5-13(17)11-14(10-12)18(23)20-9-8-19-15-6-1-2-7-16(15)21(24)25/h1-2,6-7,12-14,19H,3-5,8-11H2,(H,20,23)/t12-,13+,14?. The Balaban J connectivity index is 1.46. The van der Waals surface area contributed by atoms with E-state index in [0.29, 0.717) is 37.4 Å². The van der Waals surface area contributed by atoms with E-state index in [4.69, 9.17) is 0 Å². The molecule has 2 N–H and O–H groups in total. The van der Waals surface area contributed by atoms with E-state index < -0.39 is 4.92 Å². The first kappa shape index (κ1) is 17.4. The van der Waals surface area contributed by atoms with Gasteiger partial charge in [0.15, 0.2) is 0 Å². The number of anilines is 1. The Morgan fingerprint density at radius 2 is 1.84 bits per heavy atom. The summed E-state index contributed by atoms with van der Waals surface area (Å²) in [5.41, 5.74) is 0.465. The molecule has 2 aliphatic rings. The van der Waals surface area contributed by atoms with Gasteiger partial charge < -0.3 is 10.6 Å². The number of amides is 1. The number of nitro groups is 1. The third kappa shape index (κ3) is 3.97. The molecule has 7 heteroatoms. The molecule has 3 atom stereocenters. The van der Waals surface area contributed by atoms with Gasteiger partial charge in [-0.2, -0.15) is 0 Å². The fourth-order valence-corrected chi connectivity index (χ4v) is 4.00. The molecule has 2 bridgehead atoms. The van der Waals surface area contributed by atoms with Gasteiger partial charge in [-0.05, 0) is 31.7 Å². The highest BCUT2D eigenvalue weighted by molar-refractivity contribution is 5.88. The number of rotatable bonds is 6. The van der Waals surface area contributed by atoms with Crippen LogP contribution >= 0.6 is 0 Å². The first-order valence-electron chi connectivity index (χ1n) is 8.85. The lowest BCUT2D eigenvalue weighted by atomic mass is 9.67. The van der Waals surface area contributed by atoms with Crippen molar-refractivity contribution < 1.29 is 14.5 Å². The number of benzene rings is 1. The van der Waals surface area contributed by atoms with Crippen LogP contribution in [0.4, 0.5) is 11.4 Å². The predicted octanol–water partition coefficient (Wildman–Crippen LogP) is 2.52. The number of Topliss-reactive ketones (excluding diaryl/α,β-unsaturated/α-hetero) is 1. The SMILES string of the molecule is O=C(NCCNc1ccccc1[N+](=O)[O-])C1C[C@H]2CCC[C@@H](C1)C2=O. The van der Waals surface area contributed by atoms with Crippen molar-refractivity contribution in [3.63, 3.8) is 0 Å². The summed E-state index contributed by atoms with van der Waals surface area (Å²) in [7, 11) is 0. The first-order valence-corrected chi connectivity index (χ1v) is 8.85. The maximum atomic E-state index is 12.4. The summed E-state index contributed by atoms with van der Waals surface area (Å²) in [6, 6.07) is 6.44. The Bertz CT molecular complexity index is 660. The highest BCUT2D eigenvalue weighted by Gasteiger charge is 2.41. The van der Waals surface area contributed by atoms with Crippen LogP contribution < -0.4 is 10.6 Å². The summed E-state index contributed by atoms with van der Waals surface area (Å²) in [6.45, 7) is 0.805. The summed E-state index contributed by atoms with van der Waals surface area (Å²) in [5.74, 6) is 0.392. The van der Waals surface area contributed by atoms with Crippen molar-refractivity contribution in [2.24, 2.45) is 17.8 Å². The Morgan fingerprint density at radius 1 is 1.16 bits per heavy atom. The summed E-state index contributed by atoms with van der Waals surface area (Å²) >= 11 is 0. The molecule has 25 heavy (non-hydrogen) atoms. The van der Waals surface area contributed by atoms with Crippen molar-refractivity contribution in [1.82, 2.24) is 5.32 Å². The Labute approximate surface area is 146 Å². The highest BCUT2D eigenvalue weighted by Crippen LogP contribution is 2.40. The minimum atomic E-state index is -0.432. The van der Waals surface area contributed by atoms with Gasteiger partial charge in [0.05, 0.1) is 4.92 Å². The maximum absolute atomic E-state index is 12.4. The van der Waals surface area contributed by atoms with E-state index in [1.54, 1.807) is 18.2 Å². The Kier molecular flexibility index (Phi) is 5.31. The van der Waals surface area contributed by atoms with Crippen LogP contribution in [0.5, 0.6) is 0 Å². The number of carbonyl (C=O) groups excluding carboxylic acids is 2. The third-order valence-corrected chi connectivity index (χ3v) is 5.26. The molecule has 2 saturated carbocycles. The van der Waals surface area contributed by atoms with E-state index in [0.717, 1.165) is 19.3 Å². The van der Waals surface area contributed by atoms with Gasteiger partial charge in [0.2, 0.25) is 5.91 Å². The van der Waals surface area contributed by atoms with Crippen molar-refractivity contribution in [3.05, 3.63) is 34.4 Å². The molecular formula is C18H23N3O4. The molecule has 2 fully saturated rings. The molecule has 134 valence electrons. The zero-order valence-corrected chi connectivity index (χ0v) is 14.1. The lowest BCUT2D eigenvalue weighted by Crippen LogP contribution is -2.43. The van der Waals surface area contributed by atoms with Crippen LogP contribution in [0.1, 0.15) is 32.1 Å². The van der Waals surface area contributed by atoms with Crippen molar-refractivity contribution in [2.45, 2.75) is 32.1 Å². The molecule has 0 aliphatic heterocycles. The van der Waals surface area contributed by atoms with E-state index in [2.05, 4.69) is 10.6 Å². The van der Waals surface area contributed by atoms with Gasteiger partial charge in [0, 0.05) is 36.9 Å². The molecule has 1 aromatic carbocycles. The van der Waals surface area contributed by atoms with E-state index in [1.165, 1.54) is 6.07 Å². The lowest BCUT2D eigenvalue weighted by Gasteiger charge is -2.36. The van der Waals surface area contributed by atoms with Crippen LogP contribution in [-0.2, 0) is 9.59 Å². The smallest absolute Gasteiger partial charge is 0.292 e. The Hall–Kier alpha value is -2.44.